The smallest absolute Gasteiger partial charge is 0.341 e. The number of hydrogen-bond donors (Lipinski definition) is 2. The number of carbonyl (C=O) groups is 4. The molecule has 4 aromatic rings. The van der Waals surface area contributed by atoms with Gasteiger partial charge in [0, 0.05) is 44.5 Å². The Labute approximate surface area is 238 Å². The number of rotatable bonds is 12. The van der Waals surface area contributed by atoms with Gasteiger partial charge < -0.3 is 20.1 Å². The van der Waals surface area contributed by atoms with Gasteiger partial charge in [-0.3, -0.25) is 9.59 Å². The van der Waals surface area contributed by atoms with E-state index in [9.17, 15) is 19.2 Å². The summed E-state index contributed by atoms with van der Waals surface area (Å²) in [4.78, 5) is 50.3. The van der Waals surface area contributed by atoms with Crippen molar-refractivity contribution in [2.45, 2.75) is 26.7 Å². The fourth-order valence-corrected chi connectivity index (χ4v) is 6.97. The molecule has 0 bridgehead atoms. The maximum absolute atomic E-state index is 12.6. The molecular formula is C28H28N2O6S3. The average Bonchev–Trinajstić information content (AvgIpc) is 3.46. The van der Waals surface area contributed by atoms with Crippen molar-refractivity contribution in [2.75, 3.05) is 35.4 Å². The maximum Gasteiger partial charge on any atom is 0.341 e. The number of hydrogen-bond acceptors (Lipinski definition) is 9. The Bertz CT molecular complexity index is 1400. The summed E-state index contributed by atoms with van der Waals surface area (Å²) in [7, 11) is 0. The fraction of sp³-hybridized carbons (Fsp3) is 0.286. The van der Waals surface area contributed by atoms with Gasteiger partial charge in [-0.2, -0.15) is 11.8 Å². The fourth-order valence-electron chi connectivity index (χ4n) is 3.89. The highest BCUT2D eigenvalue weighted by Gasteiger charge is 2.22. The predicted octanol–water partition coefficient (Wildman–Crippen LogP) is 6.56. The molecule has 0 aliphatic rings. The first kappa shape index (κ1) is 28.6. The van der Waals surface area contributed by atoms with Crippen molar-refractivity contribution < 1.29 is 28.7 Å². The van der Waals surface area contributed by atoms with Crippen LogP contribution in [0, 0.1) is 0 Å². The number of nitrogens with one attached hydrogen (secondary N) is 2. The standard InChI is InChI=1S/C28H28N2O6S3/c1-3-35-27(33)23-17-9-5-7-11-19(17)38-25(23)29-21(31)13-15-37-16-14-22(32)30-26-24(28(34)36-4-2)18-10-6-8-12-20(18)39-26/h5-12H,3-4,13-16H2,1-2H3,(H,29,31)(H,30,32). The lowest BCUT2D eigenvalue weighted by atomic mass is 10.1. The SMILES string of the molecule is CCOC(=O)c1c(NC(=O)CCSCCC(=O)Nc2sc3ccccc3c2C(=O)OCC)sc2ccccc12. The van der Waals surface area contributed by atoms with Crippen LogP contribution in [0.3, 0.4) is 0 Å². The zero-order valence-corrected chi connectivity index (χ0v) is 24.0. The summed E-state index contributed by atoms with van der Waals surface area (Å²) in [5, 5.41) is 8.17. The second-order valence-electron chi connectivity index (χ2n) is 8.25. The third-order valence-electron chi connectivity index (χ3n) is 5.60. The van der Waals surface area contributed by atoms with E-state index < -0.39 is 11.9 Å². The van der Waals surface area contributed by atoms with Gasteiger partial charge in [-0.1, -0.05) is 36.4 Å². The number of amides is 2. The summed E-state index contributed by atoms with van der Waals surface area (Å²) in [6.07, 6.45) is 0.457. The van der Waals surface area contributed by atoms with Crippen molar-refractivity contribution in [3.05, 3.63) is 59.7 Å². The van der Waals surface area contributed by atoms with Crippen LogP contribution in [-0.2, 0) is 19.1 Å². The van der Waals surface area contributed by atoms with Crippen LogP contribution in [0.5, 0.6) is 0 Å². The van der Waals surface area contributed by atoms with E-state index in [1.165, 1.54) is 34.4 Å². The molecule has 39 heavy (non-hydrogen) atoms. The Hall–Kier alpha value is -3.41. The first-order valence-corrected chi connectivity index (χ1v) is 15.3. The van der Waals surface area contributed by atoms with Crippen LogP contribution in [0.15, 0.2) is 48.5 Å². The number of thiophene rings is 2. The number of ether oxygens (including phenoxy) is 2. The molecule has 4 rings (SSSR count). The highest BCUT2D eigenvalue weighted by molar-refractivity contribution is 7.99. The summed E-state index contributed by atoms with van der Waals surface area (Å²) in [5.41, 5.74) is 0.747. The summed E-state index contributed by atoms with van der Waals surface area (Å²) in [5.74, 6) is -0.335. The Morgan fingerprint density at radius 2 is 1.10 bits per heavy atom. The third-order valence-corrected chi connectivity index (χ3v) is 8.76. The van der Waals surface area contributed by atoms with Gasteiger partial charge in [0.25, 0.3) is 0 Å². The largest absolute Gasteiger partial charge is 0.462 e. The number of esters is 2. The van der Waals surface area contributed by atoms with Crippen molar-refractivity contribution in [1.29, 1.82) is 0 Å². The number of benzene rings is 2. The highest BCUT2D eigenvalue weighted by Crippen LogP contribution is 2.37. The van der Waals surface area contributed by atoms with Gasteiger partial charge in [0.2, 0.25) is 11.8 Å². The maximum atomic E-state index is 12.6. The van der Waals surface area contributed by atoms with Gasteiger partial charge in [0.15, 0.2) is 0 Å². The predicted molar refractivity (Wildman–Crippen MR) is 159 cm³/mol. The van der Waals surface area contributed by atoms with Crippen molar-refractivity contribution in [1.82, 2.24) is 0 Å². The molecule has 0 saturated heterocycles. The van der Waals surface area contributed by atoms with Crippen molar-refractivity contribution in [3.63, 3.8) is 0 Å². The molecular weight excluding hydrogens is 557 g/mol. The lowest BCUT2D eigenvalue weighted by Crippen LogP contribution is -2.16. The summed E-state index contributed by atoms with van der Waals surface area (Å²) < 4.78 is 12.2. The topological polar surface area (TPSA) is 111 Å². The second kappa shape index (κ2) is 13.6. The monoisotopic (exact) mass is 584 g/mol. The molecule has 0 radical (unpaired) electrons. The molecule has 0 fully saturated rings. The van der Waals surface area contributed by atoms with Crippen molar-refractivity contribution >= 4 is 88.4 Å². The van der Waals surface area contributed by atoms with E-state index >= 15 is 0 Å². The van der Waals surface area contributed by atoms with Crippen LogP contribution in [-0.4, -0.2) is 48.5 Å². The van der Waals surface area contributed by atoms with Gasteiger partial charge in [-0.25, -0.2) is 9.59 Å². The molecule has 0 aliphatic heterocycles. The minimum absolute atomic E-state index is 0.214. The van der Waals surface area contributed by atoms with E-state index in [-0.39, 0.29) is 37.9 Å². The van der Waals surface area contributed by atoms with Crippen LogP contribution in [0.25, 0.3) is 20.2 Å². The number of fused-ring (bicyclic) bond motifs is 2. The lowest BCUT2D eigenvalue weighted by molar-refractivity contribution is -0.116. The molecule has 0 spiro atoms. The minimum atomic E-state index is -0.463. The van der Waals surface area contributed by atoms with E-state index in [0.29, 0.717) is 32.6 Å². The first-order valence-electron chi connectivity index (χ1n) is 12.5. The van der Waals surface area contributed by atoms with Crippen molar-refractivity contribution in [2.24, 2.45) is 0 Å². The average molecular weight is 585 g/mol. The molecule has 11 heteroatoms. The molecule has 204 valence electrons. The number of anilines is 2. The lowest BCUT2D eigenvalue weighted by Gasteiger charge is -2.08. The molecule has 2 amide bonds. The quantitative estimate of drug-likeness (QED) is 0.143. The van der Waals surface area contributed by atoms with Crippen LogP contribution in [0.1, 0.15) is 47.4 Å². The molecule has 2 heterocycles. The Morgan fingerprint density at radius 3 is 1.51 bits per heavy atom. The molecule has 2 aromatic carbocycles. The minimum Gasteiger partial charge on any atom is -0.462 e. The number of thioether (sulfide) groups is 1. The normalized spacial score (nSPS) is 10.9. The van der Waals surface area contributed by atoms with Crippen molar-refractivity contribution in [3.8, 4) is 0 Å². The van der Waals surface area contributed by atoms with Gasteiger partial charge >= 0.3 is 11.9 Å². The summed E-state index contributed by atoms with van der Waals surface area (Å²) >= 11 is 4.16. The summed E-state index contributed by atoms with van der Waals surface area (Å²) in [6.45, 7) is 3.97. The van der Waals surface area contributed by atoms with E-state index in [0.717, 1.165) is 20.2 Å². The summed E-state index contributed by atoms with van der Waals surface area (Å²) in [6, 6.07) is 14.9. The molecule has 2 N–H and O–H groups in total. The Balaban J connectivity index is 1.28. The van der Waals surface area contributed by atoms with Gasteiger partial charge in [-0.15, -0.1) is 22.7 Å². The molecule has 8 nitrogen and oxygen atoms in total. The van der Waals surface area contributed by atoms with E-state index in [1.807, 2.05) is 48.5 Å². The van der Waals surface area contributed by atoms with Crippen LogP contribution in [0.4, 0.5) is 10.0 Å². The molecule has 0 saturated carbocycles. The van der Waals surface area contributed by atoms with Crippen LogP contribution in [0.2, 0.25) is 0 Å². The molecule has 0 unspecified atom stereocenters. The Kier molecular flexibility index (Phi) is 9.96. The zero-order chi connectivity index (χ0) is 27.8. The molecule has 0 atom stereocenters. The highest BCUT2D eigenvalue weighted by atomic mass is 32.2. The third kappa shape index (κ3) is 6.97. The van der Waals surface area contributed by atoms with E-state index in [4.69, 9.17) is 9.47 Å². The van der Waals surface area contributed by atoms with Gasteiger partial charge in [-0.05, 0) is 26.0 Å². The number of carbonyl (C=O) groups excluding carboxylic acids is 4. The van der Waals surface area contributed by atoms with E-state index in [2.05, 4.69) is 10.6 Å². The molecule has 0 aliphatic carbocycles. The molecule has 2 aromatic heterocycles. The van der Waals surface area contributed by atoms with E-state index in [1.54, 1.807) is 13.8 Å². The zero-order valence-electron chi connectivity index (χ0n) is 21.5. The van der Waals surface area contributed by atoms with Crippen LogP contribution < -0.4 is 10.6 Å². The van der Waals surface area contributed by atoms with Crippen LogP contribution >= 0.6 is 34.4 Å². The first-order chi connectivity index (χ1) is 18.9. The van der Waals surface area contributed by atoms with Gasteiger partial charge in [0.05, 0.1) is 13.2 Å². The van der Waals surface area contributed by atoms with Gasteiger partial charge in [0.1, 0.15) is 21.1 Å². The second-order valence-corrected chi connectivity index (χ2v) is 11.6. The Morgan fingerprint density at radius 1 is 0.692 bits per heavy atom.